The Morgan fingerprint density at radius 1 is 1.36 bits per heavy atom. The number of unbranched alkanes of at least 4 members (excludes halogenated alkanes) is 1. The summed E-state index contributed by atoms with van der Waals surface area (Å²) in [6, 6.07) is 2.79. The SMILES string of the molecule is [C-]#[N+]c1ccc(OC2C(=O)N(S(=O)(=O)CCCC)CC2(C)C)cc1C(F)(F)F. The van der Waals surface area contributed by atoms with E-state index >= 15 is 0 Å². The van der Waals surface area contributed by atoms with Crippen molar-refractivity contribution in [3.05, 3.63) is 35.2 Å². The second-order valence-electron chi connectivity index (χ2n) is 7.29. The van der Waals surface area contributed by atoms with Crippen LogP contribution < -0.4 is 4.74 Å². The molecule has 0 radical (unpaired) electrons. The highest BCUT2D eigenvalue weighted by Crippen LogP contribution is 2.41. The fourth-order valence-corrected chi connectivity index (χ4v) is 4.70. The van der Waals surface area contributed by atoms with Gasteiger partial charge >= 0.3 is 6.18 Å². The van der Waals surface area contributed by atoms with Crippen molar-refractivity contribution in [1.82, 2.24) is 4.31 Å². The van der Waals surface area contributed by atoms with E-state index in [2.05, 4.69) is 4.85 Å². The third-order valence-corrected chi connectivity index (χ3v) is 6.26. The number of carbonyl (C=O) groups is 1. The van der Waals surface area contributed by atoms with Crippen molar-refractivity contribution in [2.24, 2.45) is 5.41 Å². The van der Waals surface area contributed by atoms with E-state index in [0.717, 1.165) is 10.4 Å². The summed E-state index contributed by atoms with van der Waals surface area (Å²) < 4.78 is 70.5. The van der Waals surface area contributed by atoms with Crippen LogP contribution >= 0.6 is 0 Å². The van der Waals surface area contributed by atoms with Gasteiger partial charge in [-0.15, -0.1) is 0 Å². The Hall–Kier alpha value is -2.28. The topological polar surface area (TPSA) is 68.0 Å². The average Bonchev–Trinajstić information content (AvgIpc) is 2.83. The van der Waals surface area contributed by atoms with Gasteiger partial charge in [0.25, 0.3) is 5.91 Å². The molecule has 0 aliphatic carbocycles. The lowest BCUT2D eigenvalue weighted by Crippen LogP contribution is -2.39. The molecule has 1 heterocycles. The van der Waals surface area contributed by atoms with Crippen molar-refractivity contribution in [2.45, 2.75) is 45.9 Å². The van der Waals surface area contributed by atoms with Gasteiger partial charge in [-0.3, -0.25) is 4.79 Å². The summed E-state index contributed by atoms with van der Waals surface area (Å²) in [4.78, 5) is 15.5. The van der Waals surface area contributed by atoms with Gasteiger partial charge in [0.2, 0.25) is 10.0 Å². The molecule has 0 N–H and O–H groups in total. The number of alkyl halides is 3. The van der Waals surface area contributed by atoms with Crippen LogP contribution in [0.15, 0.2) is 18.2 Å². The second-order valence-corrected chi connectivity index (χ2v) is 9.30. The zero-order chi connectivity index (χ0) is 21.3. The van der Waals surface area contributed by atoms with Crippen molar-refractivity contribution in [3.63, 3.8) is 0 Å². The molecule has 1 aliphatic heterocycles. The fraction of sp³-hybridized carbons (Fsp3) is 0.556. The molecule has 0 bridgehead atoms. The maximum absolute atomic E-state index is 13.1. The number of carbonyl (C=O) groups excluding carboxylic acids is 1. The van der Waals surface area contributed by atoms with Crippen LogP contribution in [-0.2, 0) is 21.0 Å². The first-order chi connectivity index (χ1) is 12.8. The first-order valence-corrected chi connectivity index (χ1v) is 10.2. The van der Waals surface area contributed by atoms with E-state index in [1.165, 1.54) is 6.07 Å². The van der Waals surface area contributed by atoms with Gasteiger partial charge < -0.3 is 4.74 Å². The minimum atomic E-state index is -4.76. The first kappa shape index (κ1) is 22.0. The molecule has 0 spiro atoms. The van der Waals surface area contributed by atoms with E-state index in [1.807, 2.05) is 6.92 Å². The number of amides is 1. The number of sulfonamides is 1. The van der Waals surface area contributed by atoms with E-state index in [0.29, 0.717) is 18.9 Å². The molecular weight excluding hydrogens is 397 g/mol. The molecule has 1 aromatic carbocycles. The summed E-state index contributed by atoms with van der Waals surface area (Å²) in [5.41, 5.74) is -2.69. The number of benzene rings is 1. The number of halogens is 3. The van der Waals surface area contributed by atoms with Crippen molar-refractivity contribution >= 4 is 21.6 Å². The number of hydrogen-bond acceptors (Lipinski definition) is 4. The summed E-state index contributed by atoms with van der Waals surface area (Å²) in [6.45, 7) is 11.8. The number of rotatable bonds is 6. The summed E-state index contributed by atoms with van der Waals surface area (Å²) >= 11 is 0. The first-order valence-electron chi connectivity index (χ1n) is 8.63. The van der Waals surface area contributed by atoms with Gasteiger partial charge in [-0.1, -0.05) is 33.3 Å². The van der Waals surface area contributed by atoms with Crippen molar-refractivity contribution in [1.29, 1.82) is 0 Å². The predicted octanol–water partition coefficient (Wildman–Crippen LogP) is 4.00. The lowest BCUT2D eigenvalue weighted by atomic mass is 9.89. The predicted molar refractivity (Wildman–Crippen MR) is 96.3 cm³/mol. The van der Waals surface area contributed by atoms with E-state index in [-0.39, 0.29) is 18.0 Å². The van der Waals surface area contributed by atoms with Crippen molar-refractivity contribution in [2.75, 3.05) is 12.3 Å². The molecule has 1 unspecified atom stereocenters. The van der Waals surface area contributed by atoms with Crippen molar-refractivity contribution < 1.29 is 31.1 Å². The molecule has 1 fully saturated rings. The molecular formula is C18H21F3N2O4S. The highest BCUT2D eigenvalue weighted by molar-refractivity contribution is 7.89. The van der Waals surface area contributed by atoms with Gasteiger partial charge in [0, 0.05) is 12.0 Å². The molecule has 28 heavy (non-hydrogen) atoms. The van der Waals surface area contributed by atoms with Crippen LogP contribution in [0.4, 0.5) is 18.9 Å². The summed E-state index contributed by atoms with van der Waals surface area (Å²) in [6.07, 6.45) is -4.99. The molecule has 0 aromatic heterocycles. The van der Waals surface area contributed by atoms with Crippen LogP contribution in [0.2, 0.25) is 0 Å². The average molecular weight is 418 g/mol. The maximum atomic E-state index is 13.1. The quantitative estimate of drug-likeness (QED) is 0.655. The van der Waals surface area contributed by atoms with Gasteiger partial charge in [-0.05, 0) is 18.6 Å². The lowest BCUT2D eigenvalue weighted by molar-refractivity contribution is -0.137. The molecule has 2 rings (SSSR count). The third kappa shape index (κ3) is 4.41. The Balaban J connectivity index is 2.34. The molecule has 0 saturated carbocycles. The molecule has 1 aromatic rings. The Morgan fingerprint density at radius 2 is 2.00 bits per heavy atom. The van der Waals surface area contributed by atoms with Gasteiger partial charge in [0.1, 0.15) is 5.75 Å². The molecule has 6 nitrogen and oxygen atoms in total. The monoisotopic (exact) mass is 418 g/mol. The zero-order valence-corrected chi connectivity index (χ0v) is 16.5. The summed E-state index contributed by atoms with van der Waals surface area (Å²) in [5, 5.41) is 0. The standard InChI is InChI=1S/C18H21F3N2O4S/c1-5-6-9-28(25,26)23-11-17(2,3)15(16(23)24)27-12-7-8-14(22-4)13(10-12)18(19,20)21/h7-8,10,15H,5-6,9,11H2,1-3H3. The zero-order valence-electron chi connectivity index (χ0n) is 15.7. The van der Waals surface area contributed by atoms with Crippen LogP contribution in [-0.4, -0.2) is 37.0 Å². The minimum absolute atomic E-state index is 0.116. The number of ether oxygens (including phenoxy) is 1. The molecule has 154 valence electrons. The molecule has 1 aliphatic rings. The molecule has 1 atom stereocenters. The molecule has 10 heteroatoms. The Kier molecular flexibility index (Phi) is 5.99. The highest BCUT2D eigenvalue weighted by atomic mass is 32.2. The highest BCUT2D eigenvalue weighted by Gasteiger charge is 2.52. The van der Waals surface area contributed by atoms with Gasteiger partial charge in [-0.25, -0.2) is 17.6 Å². The second kappa shape index (κ2) is 7.62. The Morgan fingerprint density at radius 3 is 2.54 bits per heavy atom. The Bertz CT molecular complexity index is 904. The normalized spacial score (nSPS) is 19.5. The van der Waals surface area contributed by atoms with E-state index in [4.69, 9.17) is 11.3 Å². The minimum Gasteiger partial charge on any atom is -0.480 e. The van der Waals surface area contributed by atoms with E-state index in [9.17, 15) is 26.4 Å². The Labute approximate surface area is 162 Å². The van der Waals surface area contributed by atoms with Gasteiger partial charge in [0.15, 0.2) is 11.8 Å². The largest absolute Gasteiger partial charge is 0.480 e. The maximum Gasteiger partial charge on any atom is 0.407 e. The lowest BCUT2D eigenvalue weighted by Gasteiger charge is -2.24. The van der Waals surface area contributed by atoms with Crippen LogP contribution in [0.1, 0.15) is 39.2 Å². The number of nitrogens with zero attached hydrogens (tertiary/aromatic N) is 2. The van der Waals surface area contributed by atoms with Crippen LogP contribution in [0.25, 0.3) is 4.85 Å². The van der Waals surface area contributed by atoms with Crippen molar-refractivity contribution in [3.8, 4) is 5.75 Å². The van der Waals surface area contributed by atoms with E-state index < -0.39 is 44.9 Å². The smallest absolute Gasteiger partial charge is 0.407 e. The molecule has 1 saturated heterocycles. The summed E-state index contributed by atoms with van der Waals surface area (Å²) in [5.74, 6) is -1.24. The van der Waals surface area contributed by atoms with Gasteiger partial charge in [-0.2, -0.15) is 13.2 Å². The fourth-order valence-electron chi connectivity index (χ4n) is 2.93. The number of hydrogen-bond donors (Lipinski definition) is 0. The van der Waals surface area contributed by atoms with Crippen LogP contribution in [0, 0.1) is 12.0 Å². The van der Waals surface area contributed by atoms with Crippen LogP contribution in [0.3, 0.4) is 0 Å². The third-order valence-electron chi connectivity index (χ3n) is 4.47. The van der Waals surface area contributed by atoms with E-state index in [1.54, 1.807) is 13.8 Å². The van der Waals surface area contributed by atoms with Gasteiger partial charge in [0.05, 0.1) is 17.9 Å². The van der Waals surface area contributed by atoms with Crippen LogP contribution in [0.5, 0.6) is 5.75 Å². The molecule has 1 amide bonds. The summed E-state index contributed by atoms with van der Waals surface area (Å²) in [7, 11) is -3.83.